The number of amides is 5. The fourth-order valence-electron chi connectivity index (χ4n) is 3.46. The Morgan fingerprint density at radius 3 is 2.24 bits per heavy atom. The van der Waals surface area contributed by atoms with Crippen molar-refractivity contribution in [3.05, 3.63) is 88.2 Å². The van der Waals surface area contributed by atoms with Gasteiger partial charge < -0.3 is 21.3 Å². The molecular weight excluding hydrogens is 606 g/mol. The highest BCUT2D eigenvalue weighted by Crippen LogP contribution is 2.35. The number of benzene rings is 3. The number of sulfonamides is 1. The SMILES string of the molecule is Cc1cccc(S(=O)(=O)NC(=O)NCCCNC(=O)c2ccc(NC(=O)Nc3ccc(C(F)(F)F)c(Cl)c3)c(F)c2)c1. The van der Waals surface area contributed by atoms with Crippen LogP contribution in [0, 0.1) is 12.7 Å². The molecule has 0 saturated heterocycles. The van der Waals surface area contributed by atoms with Gasteiger partial charge in [-0.2, -0.15) is 13.2 Å². The van der Waals surface area contributed by atoms with E-state index in [1.165, 1.54) is 18.2 Å². The highest BCUT2D eigenvalue weighted by molar-refractivity contribution is 7.90. The third-order valence-electron chi connectivity index (χ3n) is 5.46. The van der Waals surface area contributed by atoms with Crippen LogP contribution in [0.2, 0.25) is 5.02 Å². The molecule has 42 heavy (non-hydrogen) atoms. The summed E-state index contributed by atoms with van der Waals surface area (Å²) in [5, 5.41) is 8.64. The third kappa shape index (κ3) is 9.07. The largest absolute Gasteiger partial charge is 0.417 e. The Hall–Kier alpha value is -4.37. The van der Waals surface area contributed by atoms with Crippen molar-refractivity contribution < 1.29 is 40.4 Å². The van der Waals surface area contributed by atoms with E-state index in [9.17, 15) is 40.4 Å². The second-order valence-electron chi connectivity index (χ2n) is 8.75. The highest BCUT2D eigenvalue weighted by atomic mass is 35.5. The van der Waals surface area contributed by atoms with Crippen molar-refractivity contribution in [1.82, 2.24) is 15.4 Å². The molecule has 5 N–H and O–H groups in total. The number of alkyl halides is 3. The Morgan fingerprint density at radius 1 is 0.881 bits per heavy atom. The standard InChI is InChI=1S/C26H24ClF4N5O5S/c1-15-4-2-5-18(12-15)42(40,41)36-24(38)33-11-3-10-32-23(37)16-6-9-22(21(28)13-16)35-25(39)34-17-7-8-19(20(27)14-17)26(29,30)31/h2,4-9,12-14H,3,10-11H2,1H3,(H,32,37)(H2,33,36,38)(H2,34,35,39). The van der Waals surface area contributed by atoms with Crippen LogP contribution in [0.3, 0.4) is 0 Å². The molecule has 3 aromatic carbocycles. The number of carbonyl (C=O) groups is 3. The molecule has 0 radical (unpaired) electrons. The normalized spacial score (nSPS) is 11.4. The molecule has 16 heteroatoms. The van der Waals surface area contributed by atoms with Gasteiger partial charge in [0.25, 0.3) is 15.9 Å². The predicted molar refractivity (Wildman–Crippen MR) is 147 cm³/mol. The molecule has 5 amide bonds. The van der Waals surface area contributed by atoms with Crippen LogP contribution in [0.1, 0.15) is 27.9 Å². The quantitative estimate of drug-likeness (QED) is 0.162. The van der Waals surface area contributed by atoms with Crippen LogP contribution < -0.4 is 26.0 Å². The molecular formula is C26H24ClF4N5O5S. The van der Waals surface area contributed by atoms with Crippen LogP contribution in [0.4, 0.5) is 38.5 Å². The molecule has 0 aromatic heterocycles. The monoisotopic (exact) mass is 629 g/mol. The van der Waals surface area contributed by atoms with Gasteiger partial charge in [0.15, 0.2) is 0 Å². The van der Waals surface area contributed by atoms with E-state index >= 15 is 0 Å². The average molecular weight is 630 g/mol. The maximum atomic E-state index is 14.5. The lowest BCUT2D eigenvalue weighted by atomic mass is 10.2. The van der Waals surface area contributed by atoms with Crippen LogP contribution in [0.25, 0.3) is 0 Å². The van der Waals surface area contributed by atoms with Crippen molar-refractivity contribution in [2.75, 3.05) is 23.7 Å². The van der Waals surface area contributed by atoms with Crippen molar-refractivity contribution in [3.63, 3.8) is 0 Å². The summed E-state index contributed by atoms with van der Waals surface area (Å²) in [6.07, 6.45) is -4.45. The van der Waals surface area contributed by atoms with E-state index < -0.39 is 50.6 Å². The summed E-state index contributed by atoms with van der Waals surface area (Å²) in [7, 11) is -4.05. The van der Waals surface area contributed by atoms with Crippen molar-refractivity contribution in [1.29, 1.82) is 0 Å². The zero-order valence-corrected chi connectivity index (χ0v) is 23.3. The van der Waals surface area contributed by atoms with Gasteiger partial charge in [-0.3, -0.25) is 4.79 Å². The minimum absolute atomic E-state index is 0.0198. The molecule has 224 valence electrons. The summed E-state index contributed by atoms with van der Waals surface area (Å²) in [5.74, 6) is -1.62. The van der Waals surface area contributed by atoms with E-state index in [0.29, 0.717) is 11.6 Å². The molecule has 3 rings (SSSR count). The summed E-state index contributed by atoms with van der Waals surface area (Å²) in [4.78, 5) is 36.3. The number of hydrogen-bond donors (Lipinski definition) is 5. The summed E-state index contributed by atoms with van der Waals surface area (Å²) in [6, 6.07) is 9.85. The molecule has 0 saturated carbocycles. The first-order chi connectivity index (χ1) is 19.7. The van der Waals surface area contributed by atoms with Crippen molar-refractivity contribution in [2.45, 2.75) is 24.4 Å². The summed E-state index contributed by atoms with van der Waals surface area (Å²) in [6.45, 7) is 1.79. The van der Waals surface area contributed by atoms with Crippen molar-refractivity contribution in [3.8, 4) is 0 Å². The van der Waals surface area contributed by atoms with Gasteiger partial charge in [-0.05, 0) is 67.4 Å². The highest BCUT2D eigenvalue weighted by Gasteiger charge is 2.33. The van der Waals surface area contributed by atoms with Gasteiger partial charge in [-0.1, -0.05) is 23.7 Å². The fourth-order valence-corrected chi connectivity index (χ4v) is 4.78. The lowest BCUT2D eigenvalue weighted by Gasteiger charge is -2.12. The van der Waals surface area contributed by atoms with E-state index in [-0.39, 0.29) is 41.3 Å². The number of halogens is 5. The molecule has 3 aromatic rings. The zero-order valence-electron chi connectivity index (χ0n) is 21.7. The molecule has 10 nitrogen and oxygen atoms in total. The van der Waals surface area contributed by atoms with Crippen LogP contribution in [0.15, 0.2) is 65.6 Å². The predicted octanol–water partition coefficient (Wildman–Crippen LogP) is 5.26. The summed E-state index contributed by atoms with van der Waals surface area (Å²) >= 11 is 5.61. The number of aryl methyl sites for hydroxylation is 1. The molecule has 0 fully saturated rings. The van der Waals surface area contributed by atoms with Crippen LogP contribution in [-0.2, 0) is 16.2 Å². The van der Waals surface area contributed by atoms with E-state index in [4.69, 9.17) is 11.6 Å². The molecule has 0 aliphatic rings. The van der Waals surface area contributed by atoms with Gasteiger partial charge in [-0.15, -0.1) is 0 Å². The maximum Gasteiger partial charge on any atom is 0.417 e. The van der Waals surface area contributed by atoms with Crippen LogP contribution in [-0.4, -0.2) is 39.5 Å². The Balaban J connectivity index is 1.43. The maximum absolute atomic E-state index is 14.5. The molecule has 0 atom stereocenters. The first-order valence-electron chi connectivity index (χ1n) is 12.1. The number of rotatable bonds is 9. The Bertz CT molecular complexity index is 1600. The topological polar surface area (TPSA) is 146 Å². The Kier molecular flexibility index (Phi) is 10.4. The summed E-state index contributed by atoms with van der Waals surface area (Å²) in [5.41, 5.74) is -0.837. The lowest BCUT2D eigenvalue weighted by molar-refractivity contribution is -0.137. The minimum atomic E-state index is -4.67. The van der Waals surface area contributed by atoms with Gasteiger partial charge in [0, 0.05) is 24.3 Å². The first kappa shape index (κ1) is 32.1. The van der Waals surface area contributed by atoms with Gasteiger partial charge in [-0.25, -0.2) is 27.1 Å². The van der Waals surface area contributed by atoms with E-state index in [1.807, 2.05) is 4.72 Å². The fraction of sp³-hybridized carbons (Fsp3) is 0.192. The van der Waals surface area contributed by atoms with E-state index in [2.05, 4.69) is 21.3 Å². The Labute approximate surface area is 242 Å². The van der Waals surface area contributed by atoms with Crippen molar-refractivity contribution in [2.24, 2.45) is 0 Å². The number of urea groups is 2. The number of anilines is 2. The van der Waals surface area contributed by atoms with Gasteiger partial charge in [0.2, 0.25) is 0 Å². The zero-order chi connectivity index (χ0) is 31.1. The van der Waals surface area contributed by atoms with E-state index in [0.717, 1.165) is 24.3 Å². The second-order valence-corrected chi connectivity index (χ2v) is 10.8. The molecule has 0 aliphatic heterocycles. The molecule has 0 spiro atoms. The van der Waals surface area contributed by atoms with Crippen LogP contribution in [0.5, 0.6) is 0 Å². The van der Waals surface area contributed by atoms with Gasteiger partial charge in [0.05, 0.1) is 21.2 Å². The molecule has 0 unspecified atom stereocenters. The molecule has 0 bridgehead atoms. The first-order valence-corrected chi connectivity index (χ1v) is 13.9. The van der Waals surface area contributed by atoms with Crippen molar-refractivity contribution >= 4 is 51.0 Å². The average Bonchev–Trinajstić information content (AvgIpc) is 2.88. The molecule has 0 heterocycles. The second kappa shape index (κ2) is 13.5. The summed E-state index contributed by atoms with van der Waals surface area (Å²) < 4.78 is 79.3. The molecule has 0 aliphatic carbocycles. The Morgan fingerprint density at radius 2 is 1.60 bits per heavy atom. The smallest absolute Gasteiger partial charge is 0.352 e. The lowest BCUT2D eigenvalue weighted by Crippen LogP contribution is -2.40. The van der Waals surface area contributed by atoms with E-state index in [1.54, 1.807) is 19.1 Å². The van der Waals surface area contributed by atoms with Gasteiger partial charge in [0.1, 0.15) is 5.82 Å². The number of nitrogens with one attached hydrogen (secondary N) is 5. The minimum Gasteiger partial charge on any atom is -0.352 e. The number of carbonyl (C=O) groups excluding carboxylic acids is 3. The number of hydrogen-bond acceptors (Lipinski definition) is 5. The van der Waals surface area contributed by atoms with Gasteiger partial charge >= 0.3 is 18.2 Å². The van der Waals surface area contributed by atoms with Crippen LogP contribution >= 0.6 is 11.6 Å². The third-order valence-corrected chi connectivity index (χ3v) is 7.10.